The van der Waals surface area contributed by atoms with E-state index in [1.807, 2.05) is 19.1 Å². The van der Waals surface area contributed by atoms with Gasteiger partial charge in [0.1, 0.15) is 5.56 Å². The predicted molar refractivity (Wildman–Crippen MR) is 65.2 cm³/mol. The lowest BCUT2D eigenvalue weighted by molar-refractivity contribution is -0.526. The number of nitrogens with zero attached hydrogens (tertiary/aromatic N) is 1. The summed E-state index contributed by atoms with van der Waals surface area (Å²) in [6.45, 7) is 4.00. The fourth-order valence-electron chi connectivity index (χ4n) is 1.90. The number of aryl methyl sites for hydroxylation is 1. The lowest BCUT2D eigenvalue weighted by Gasteiger charge is -2.02. The minimum absolute atomic E-state index is 0.0530. The first-order valence-electron chi connectivity index (χ1n) is 5.89. The molecule has 0 aliphatic rings. The van der Waals surface area contributed by atoms with Crippen molar-refractivity contribution in [1.82, 2.24) is 4.98 Å². The molecule has 4 nitrogen and oxygen atoms in total. The molecule has 0 unspecified atom stereocenters. The Kier molecular flexibility index (Phi) is 3.13. The zero-order valence-electron chi connectivity index (χ0n) is 10.2. The third-order valence-corrected chi connectivity index (χ3v) is 2.90. The van der Waals surface area contributed by atoms with Gasteiger partial charge in [0.2, 0.25) is 0 Å². The zero-order chi connectivity index (χ0) is 12.4. The molecule has 0 aliphatic carbocycles. The molecule has 0 bridgehead atoms. The minimum atomic E-state index is -0.193. The molecule has 0 radical (unpaired) electrons. The van der Waals surface area contributed by atoms with Crippen LogP contribution in [0.15, 0.2) is 23.1 Å². The zero-order valence-corrected chi connectivity index (χ0v) is 10.2. The molecule has 0 aliphatic heterocycles. The van der Waals surface area contributed by atoms with Gasteiger partial charge in [0.25, 0.3) is 11.5 Å². The van der Waals surface area contributed by atoms with Gasteiger partial charge in [-0.05, 0) is 31.4 Å². The Morgan fingerprint density at radius 2 is 2.24 bits per heavy atom. The molecule has 2 aromatic heterocycles. The molecule has 0 amide bonds. The summed E-state index contributed by atoms with van der Waals surface area (Å²) in [5.41, 5.74) is 1.93. The first kappa shape index (κ1) is 11.6. The second-order valence-corrected chi connectivity index (χ2v) is 4.32. The first-order valence-corrected chi connectivity index (χ1v) is 5.89. The van der Waals surface area contributed by atoms with E-state index in [9.17, 15) is 9.90 Å². The van der Waals surface area contributed by atoms with Crippen LogP contribution < -0.4 is 9.96 Å². The smallest absolute Gasteiger partial charge is 0.342 e. The van der Waals surface area contributed by atoms with Gasteiger partial charge < -0.3 is 5.11 Å². The van der Waals surface area contributed by atoms with Gasteiger partial charge in [-0.2, -0.15) is 4.40 Å². The van der Waals surface area contributed by atoms with Crippen LogP contribution in [0.1, 0.15) is 30.9 Å². The lowest BCUT2D eigenvalue weighted by atomic mass is 10.1. The van der Waals surface area contributed by atoms with Gasteiger partial charge >= 0.3 is 5.56 Å². The van der Waals surface area contributed by atoms with E-state index in [0.717, 1.165) is 18.4 Å². The van der Waals surface area contributed by atoms with E-state index in [4.69, 9.17) is 0 Å². The van der Waals surface area contributed by atoms with Crippen LogP contribution in [0.2, 0.25) is 0 Å². The SMILES string of the molecule is CCCCc1c(O)[n+]2ccc(C)cc2[nH]c1=O. The minimum Gasteiger partial charge on any atom is -0.477 e. The summed E-state index contributed by atoms with van der Waals surface area (Å²) in [7, 11) is 0. The summed E-state index contributed by atoms with van der Waals surface area (Å²) in [4.78, 5) is 14.6. The largest absolute Gasteiger partial charge is 0.477 e. The number of aromatic hydroxyl groups is 1. The molecule has 4 heteroatoms. The Hall–Kier alpha value is -1.84. The molecule has 90 valence electrons. The molecule has 2 rings (SSSR count). The summed E-state index contributed by atoms with van der Waals surface area (Å²) >= 11 is 0. The molecule has 2 aromatic rings. The van der Waals surface area contributed by atoms with Crippen molar-refractivity contribution in [3.63, 3.8) is 0 Å². The highest BCUT2D eigenvalue weighted by Crippen LogP contribution is 2.11. The van der Waals surface area contributed by atoms with Crippen molar-refractivity contribution in [1.29, 1.82) is 0 Å². The quantitative estimate of drug-likeness (QED) is 0.789. The van der Waals surface area contributed by atoms with Gasteiger partial charge in [0.05, 0.1) is 6.20 Å². The Balaban J connectivity index is 2.63. The number of H-pyrrole nitrogens is 1. The van der Waals surface area contributed by atoms with Gasteiger partial charge in [0.15, 0.2) is 0 Å². The van der Waals surface area contributed by atoms with Crippen LogP contribution in [0.5, 0.6) is 5.88 Å². The van der Waals surface area contributed by atoms with Crippen LogP contribution >= 0.6 is 0 Å². The number of hydrogen-bond acceptors (Lipinski definition) is 2. The van der Waals surface area contributed by atoms with Crippen molar-refractivity contribution >= 4 is 5.65 Å². The molecular weight excluding hydrogens is 216 g/mol. The van der Waals surface area contributed by atoms with E-state index in [2.05, 4.69) is 11.9 Å². The number of pyridine rings is 1. The summed E-state index contributed by atoms with van der Waals surface area (Å²) in [6, 6.07) is 3.74. The van der Waals surface area contributed by atoms with Crippen LogP contribution in [-0.4, -0.2) is 10.1 Å². The van der Waals surface area contributed by atoms with Crippen LogP contribution in [0, 0.1) is 6.92 Å². The van der Waals surface area contributed by atoms with Gasteiger partial charge in [-0.25, -0.2) is 9.78 Å². The molecule has 0 spiro atoms. The topological polar surface area (TPSA) is 57.2 Å². The summed E-state index contributed by atoms with van der Waals surface area (Å²) < 4.78 is 1.61. The van der Waals surface area contributed by atoms with E-state index in [-0.39, 0.29) is 11.4 Å². The predicted octanol–water partition coefficient (Wildman–Crippen LogP) is 1.47. The highest BCUT2D eigenvalue weighted by atomic mass is 16.3. The van der Waals surface area contributed by atoms with Crippen LogP contribution in [0.3, 0.4) is 0 Å². The van der Waals surface area contributed by atoms with Crippen molar-refractivity contribution in [2.45, 2.75) is 33.1 Å². The maximum absolute atomic E-state index is 11.8. The second kappa shape index (κ2) is 4.57. The van der Waals surface area contributed by atoms with E-state index in [1.54, 1.807) is 10.6 Å². The number of fused-ring (bicyclic) bond motifs is 1. The first-order chi connectivity index (χ1) is 8.13. The lowest BCUT2D eigenvalue weighted by Crippen LogP contribution is -2.30. The van der Waals surface area contributed by atoms with Gasteiger partial charge in [-0.3, -0.25) is 0 Å². The van der Waals surface area contributed by atoms with E-state index < -0.39 is 0 Å². The average Bonchev–Trinajstić information content (AvgIpc) is 2.28. The van der Waals surface area contributed by atoms with Crippen molar-refractivity contribution in [3.05, 3.63) is 39.8 Å². The number of aromatic nitrogens is 2. The third-order valence-electron chi connectivity index (χ3n) is 2.90. The molecule has 0 saturated carbocycles. The molecular formula is C13H17N2O2+. The van der Waals surface area contributed by atoms with Crippen LogP contribution in [-0.2, 0) is 6.42 Å². The highest BCUT2D eigenvalue weighted by Gasteiger charge is 2.17. The van der Waals surface area contributed by atoms with E-state index in [1.165, 1.54) is 0 Å². The van der Waals surface area contributed by atoms with Gasteiger partial charge in [-0.1, -0.05) is 13.3 Å². The van der Waals surface area contributed by atoms with Gasteiger partial charge in [-0.15, -0.1) is 0 Å². The molecule has 0 saturated heterocycles. The van der Waals surface area contributed by atoms with E-state index >= 15 is 0 Å². The molecule has 0 fully saturated rings. The number of unbranched alkanes of at least 4 members (excludes halogenated alkanes) is 1. The van der Waals surface area contributed by atoms with E-state index in [0.29, 0.717) is 17.6 Å². The number of aromatic amines is 1. The second-order valence-electron chi connectivity index (χ2n) is 4.32. The van der Waals surface area contributed by atoms with Crippen molar-refractivity contribution in [3.8, 4) is 5.88 Å². The standard InChI is InChI=1S/C13H16N2O2/c1-3-4-5-10-12(16)14-11-8-9(2)6-7-15(11)13(10)17/h6-8H,3-5H2,1-2H3,(H,16,17)/p+1. The molecule has 0 aromatic carbocycles. The number of rotatable bonds is 3. The van der Waals surface area contributed by atoms with Crippen molar-refractivity contribution in [2.24, 2.45) is 0 Å². The summed E-state index contributed by atoms with van der Waals surface area (Å²) in [6.07, 6.45) is 4.27. The average molecular weight is 233 g/mol. The maximum Gasteiger partial charge on any atom is 0.342 e. The Bertz CT molecular complexity index is 602. The molecule has 2 N–H and O–H groups in total. The van der Waals surface area contributed by atoms with Gasteiger partial charge in [0, 0.05) is 6.07 Å². The fraction of sp³-hybridized carbons (Fsp3) is 0.385. The Labute approximate surface area is 99.6 Å². The number of nitrogens with one attached hydrogen (secondary N) is 1. The van der Waals surface area contributed by atoms with Crippen LogP contribution in [0.25, 0.3) is 5.65 Å². The summed E-state index contributed by atoms with van der Waals surface area (Å²) in [5.74, 6) is 0.0530. The number of hydrogen-bond donors (Lipinski definition) is 2. The normalized spacial score (nSPS) is 10.9. The highest BCUT2D eigenvalue weighted by molar-refractivity contribution is 5.35. The molecule has 2 heterocycles. The third kappa shape index (κ3) is 2.16. The van der Waals surface area contributed by atoms with Crippen molar-refractivity contribution in [2.75, 3.05) is 0 Å². The maximum atomic E-state index is 11.8. The van der Waals surface area contributed by atoms with Crippen molar-refractivity contribution < 1.29 is 9.51 Å². The Morgan fingerprint density at radius 1 is 1.47 bits per heavy atom. The Morgan fingerprint density at radius 3 is 2.94 bits per heavy atom. The molecule has 17 heavy (non-hydrogen) atoms. The fourth-order valence-corrected chi connectivity index (χ4v) is 1.90. The van der Waals surface area contributed by atoms with Crippen LogP contribution in [0.4, 0.5) is 0 Å². The summed E-state index contributed by atoms with van der Waals surface area (Å²) in [5, 5.41) is 10.1. The molecule has 0 atom stereocenters. The monoisotopic (exact) mass is 233 g/mol.